The Morgan fingerprint density at radius 3 is 2.68 bits per heavy atom. The number of nitrogens with zero attached hydrogens (tertiary/aromatic N) is 8. The summed E-state index contributed by atoms with van der Waals surface area (Å²) in [6.45, 7) is 6.73. The molecule has 192 valence electrons. The van der Waals surface area contributed by atoms with E-state index >= 15 is 0 Å². The fourth-order valence-electron chi connectivity index (χ4n) is 4.57. The van der Waals surface area contributed by atoms with Crippen LogP contribution in [0.3, 0.4) is 0 Å². The van der Waals surface area contributed by atoms with E-state index in [0.717, 1.165) is 42.8 Å². The zero-order valence-electron chi connectivity index (χ0n) is 20.8. The van der Waals surface area contributed by atoms with Crippen LogP contribution in [-0.2, 0) is 0 Å². The first-order valence-electron chi connectivity index (χ1n) is 12.4. The third-order valence-electron chi connectivity index (χ3n) is 6.77. The number of aliphatic imine (C=N–C) groups is 1. The minimum absolute atomic E-state index is 0.199. The molecule has 1 amide bonds. The normalized spacial score (nSPS) is 19.0. The summed E-state index contributed by atoms with van der Waals surface area (Å²) in [5, 5.41) is 21.9. The highest BCUT2D eigenvalue weighted by molar-refractivity contribution is 8.13. The molecule has 0 unspecified atom stereocenters. The van der Waals surface area contributed by atoms with Crippen molar-refractivity contribution in [2.75, 3.05) is 24.2 Å². The maximum Gasteiger partial charge on any atom is 0.275 e. The van der Waals surface area contributed by atoms with Gasteiger partial charge in [0.05, 0.1) is 35.2 Å². The second-order valence-electron chi connectivity index (χ2n) is 10.2. The maximum absolute atomic E-state index is 13.1. The van der Waals surface area contributed by atoms with Crippen molar-refractivity contribution in [1.82, 2.24) is 34.6 Å². The van der Waals surface area contributed by atoms with Gasteiger partial charge in [-0.15, -0.1) is 22.0 Å². The number of aromatic nitrogens is 6. The molecule has 4 heterocycles. The minimum atomic E-state index is -0.740. The average Bonchev–Trinajstić information content (AvgIpc) is 3.80. The summed E-state index contributed by atoms with van der Waals surface area (Å²) in [6, 6.07) is 2.15. The summed E-state index contributed by atoms with van der Waals surface area (Å²) in [7, 11) is 0. The van der Waals surface area contributed by atoms with E-state index in [0.29, 0.717) is 35.9 Å². The van der Waals surface area contributed by atoms with Crippen molar-refractivity contribution in [3.63, 3.8) is 0 Å². The molecule has 1 saturated heterocycles. The molecule has 1 aliphatic heterocycles. The van der Waals surface area contributed by atoms with Crippen molar-refractivity contribution >= 4 is 28.4 Å². The van der Waals surface area contributed by atoms with Gasteiger partial charge in [0.15, 0.2) is 5.82 Å². The molecule has 0 spiro atoms. The van der Waals surface area contributed by atoms with Crippen LogP contribution in [0.5, 0.6) is 0 Å². The molecule has 11 nitrogen and oxygen atoms in total. The Morgan fingerprint density at radius 1 is 1.22 bits per heavy atom. The fraction of sp³-hybridized carbons (Fsp3) is 0.440. The highest BCUT2D eigenvalue weighted by Crippen LogP contribution is 2.40. The number of imidazole rings is 1. The highest BCUT2D eigenvalue weighted by Gasteiger charge is 2.38. The Balaban J connectivity index is 1.24. The van der Waals surface area contributed by atoms with Crippen LogP contribution in [-0.4, -0.2) is 70.3 Å². The van der Waals surface area contributed by atoms with Gasteiger partial charge in [-0.05, 0) is 44.9 Å². The number of aliphatic hydroxyl groups is 1. The fourth-order valence-corrected chi connectivity index (χ4v) is 5.10. The van der Waals surface area contributed by atoms with E-state index in [4.69, 9.17) is 0 Å². The number of carbonyl (C=O) groups is 1. The summed E-state index contributed by atoms with van der Waals surface area (Å²) < 4.78 is 3.95. The molecule has 0 aromatic carbocycles. The predicted molar refractivity (Wildman–Crippen MR) is 141 cm³/mol. The number of pyridine rings is 1. The van der Waals surface area contributed by atoms with Gasteiger partial charge in [-0.25, -0.2) is 15.0 Å². The van der Waals surface area contributed by atoms with Gasteiger partial charge < -0.3 is 24.5 Å². The zero-order chi connectivity index (χ0) is 25.7. The average molecular weight is 520 g/mol. The van der Waals surface area contributed by atoms with Gasteiger partial charge in [0.1, 0.15) is 22.9 Å². The van der Waals surface area contributed by atoms with E-state index in [-0.39, 0.29) is 11.5 Å². The lowest BCUT2D eigenvalue weighted by molar-refractivity contribution is 0.0310. The van der Waals surface area contributed by atoms with Crippen molar-refractivity contribution in [3.8, 4) is 5.69 Å². The zero-order valence-corrected chi connectivity index (χ0v) is 21.6. The number of thioether (sulfide) groups is 1. The number of β-amino-alcohol motifs (C(OH)–C–C–N with tert-alkyl or cyclic N) is 1. The van der Waals surface area contributed by atoms with Crippen LogP contribution >= 0.6 is 11.8 Å². The van der Waals surface area contributed by atoms with Crippen molar-refractivity contribution in [2.24, 2.45) is 4.99 Å². The number of nitrogens with one attached hydrogen (secondary N) is 1. The Labute approximate surface area is 218 Å². The first kappa shape index (κ1) is 23.9. The molecular formula is C25H29N9O2S. The molecule has 6 rings (SSSR count). The molecule has 37 heavy (non-hydrogen) atoms. The lowest BCUT2D eigenvalue weighted by Crippen LogP contribution is -2.60. The molecule has 0 radical (unpaired) electrons. The van der Waals surface area contributed by atoms with Gasteiger partial charge in [0.25, 0.3) is 5.91 Å². The Bertz CT molecular complexity index is 1390. The van der Waals surface area contributed by atoms with Gasteiger partial charge in [0, 0.05) is 31.2 Å². The van der Waals surface area contributed by atoms with E-state index in [1.165, 1.54) is 11.8 Å². The van der Waals surface area contributed by atoms with Crippen LogP contribution in [0.15, 0.2) is 48.5 Å². The van der Waals surface area contributed by atoms with Crippen LogP contribution in [0, 0.1) is 0 Å². The highest BCUT2D eigenvalue weighted by atomic mass is 32.2. The van der Waals surface area contributed by atoms with Gasteiger partial charge in [0.2, 0.25) is 0 Å². The molecule has 3 aromatic rings. The summed E-state index contributed by atoms with van der Waals surface area (Å²) in [5.74, 6) is 0.970. The van der Waals surface area contributed by atoms with Gasteiger partial charge in [-0.3, -0.25) is 4.79 Å². The molecule has 3 aliphatic rings. The molecule has 2 saturated carbocycles. The third kappa shape index (κ3) is 4.90. The van der Waals surface area contributed by atoms with Crippen molar-refractivity contribution in [1.29, 1.82) is 0 Å². The lowest BCUT2D eigenvalue weighted by atomic mass is 9.96. The van der Waals surface area contributed by atoms with Gasteiger partial charge in [-0.1, -0.05) is 6.58 Å². The van der Waals surface area contributed by atoms with Gasteiger partial charge >= 0.3 is 0 Å². The molecule has 2 aliphatic carbocycles. The number of amides is 1. The van der Waals surface area contributed by atoms with E-state index in [9.17, 15) is 9.90 Å². The summed E-state index contributed by atoms with van der Waals surface area (Å²) in [6.07, 6.45) is 13.6. The second kappa shape index (κ2) is 9.10. The van der Waals surface area contributed by atoms with E-state index in [2.05, 4.69) is 37.1 Å². The summed E-state index contributed by atoms with van der Waals surface area (Å²) in [5.41, 5.74) is 2.16. The molecule has 12 heteroatoms. The number of hydrogen-bond donors (Lipinski definition) is 2. The maximum atomic E-state index is 13.1. The summed E-state index contributed by atoms with van der Waals surface area (Å²) >= 11 is 1.42. The minimum Gasteiger partial charge on any atom is -0.386 e. The molecule has 2 N–H and O–H groups in total. The molecule has 3 fully saturated rings. The Kier molecular flexibility index (Phi) is 5.87. The van der Waals surface area contributed by atoms with E-state index in [1.807, 2.05) is 33.4 Å². The van der Waals surface area contributed by atoms with Crippen molar-refractivity contribution < 1.29 is 9.90 Å². The van der Waals surface area contributed by atoms with Crippen LogP contribution in [0.1, 0.15) is 66.6 Å². The number of hydrogen-bond acceptors (Lipinski definition) is 9. The van der Waals surface area contributed by atoms with E-state index in [1.54, 1.807) is 24.9 Å². The first-order valence-corrected chi connectivity index (χ1v) is 13.6. The number of anilines is 1. The molecule has 0 atom stereocenters. The quantitative estimate of drug-likeness (QED) is 0.344. The Hall–Kier alpha value is -3.51. The van der Waals surface area contributed by atoms with Crippen LogP contribution < -0.4 is 10.2 Å². The molecule has 3 aromatic heterocycles. The van der Waals surface area contributed by atoms with Crippen molar-refractivity contribution in [3.05, 3.63) is 60.7 Å². The van der Waals surface area contributed by atoms with Crippen LogP contribution in [0.2, 0.25) is 0 Å². The Morgan fingerprint density at radius 2 is 2.00 bits per heavy atom. The SMILES string of the molecule is C=C(/N=C(\SC)c1nncn1C1CC1)NC(=O)c1cc(-n2cnc(C3CC3)c2)c(N2CC(C)(O)C2)cn1. The molecular weight excluding hydrogens is 490 g/mol. The van der Waals surface area contributed by atoms with Gasteiger partial charge in [-0.2, -0.15) is 0 Å². The number of rotatable bonds is 8. The van der Waals surface area contributed by atoms with E-state index < -0.39 is 11.5 Å². The second-order valence-corrected chi connectivity index (χ2v) is 11.0. The first-order chi connectivity index (χ1) is 17.8. The predicted octanol–water partition coefficient (Wildman–Crippen LogP) is 2.65. The van der Waals surface area contributed by atoms with Crippen LogP contribution in [0.4, 0.5) is 5.69 Å². The monoisotopic (exact) mass is 519 g/mol. The number of carbonyl (C=O) groups excluding carboxylic acids is 1. The molecule has 0 bridgehead atoms. The smallest absolute Gasteiger partial charge is 0.275 e. The largest absolute Gasteiger partial charge is 0.386 e. The van der Waals surface area contributed by atoms with Crippen molar-refractivity contribution in [2.45, 2.75) is 50.2 Å². The summed E-state index contributed by atoms with van der Waals surface area (Å²) in [4.78, 5) is 28.7. The third-order valence-corrected chi connectivity index (χ3v) is 7.43. The van der Waals surface area contributed by atoms with Crippen LogP contribution in [0.25, 0.3) is 5.69 Å². The lowest BCUT2D eigenvalue weighted by Gasteiger charge is -2.46. The topological polar surface area (TPSA) is 126 Å². The standard InChI is InChI=1S/C25H29N9O2S/c1-15(30-24(37-3)22-31-28-14-34(22)17-6-7-17)29-23(35)18-8-20(32-10-19(27-13-32)16-4-5-16)21(9-26-18)33-11-25(2,36)12-33/h8-10,13-14,16-17,36H,1,4-7,11-12H2,2-3H3,(H,29,35)/b30-24-.